The number of sulfonamides is 1. The monoisotopic (exact) mass is 291 g/mol. The van der Waals surface area contributed by atoms with Gasteiger partial charge in [0.05, 0.1) is 11.4 Å². The fourth-order valence-corrected chi connectivity index (χ4v) is 2.80. The number of nitrogen functional groups attached to an aromatic ring is 1. The highest BCUT2D eigenvalue weighted by atomic mass is 32.2. The summed E-state index contributed by atoms with van der Waals surface area (Å²) in [5.74, 6) is 0. The van der Waals surface area contributed by atoms with E-state index < -0.39 is 10.0 Å². The summed E-state index contributed by atoms with van der Waals surface area (Å²) in [7, 11) is -3.83. The third kappa shape index (κ3) is 2.76. The second-order valence-corrected chi connectivity index (χ2v) is 5.84. The van der Waals surface area contributed by atoms with Crippen molar-refractivity contribution in [2.45, 2.75) is 11.8 Å². The van der Waals surface area contributed by atoms with Crippen LogP contribution < -0.4 is 15.8 Å². The molecule has 2 rings (SSSR count). The summed E-state index contributed by atoms with van der Waals surface area (Å²) in [6.45, 7) is 2.62. The Bertz CT molecular complexity index is 700. The zero-order chi connectivity index (χ0) is 14.8. The zero-order valence-corrected chi connectivity index (χ0v) is 12.0. The molecule has 0 aliphatic carbocycles. The second kappa shape index (κ2) is 5.52. The molecule has 0 aliphatic rings. The van der Waals surface area contributed by atoms with Gasteiger partial charge in [0, 0.05) is 12.2 Å². The van der Waals surface area contributed by atoms with Crippen molar-refractivity contribution < 1.29 is 8.42 Å². The summed E-state index contributed by atoms with van der Waals surface area (Å²) in [4.78, 5) is 1.88. The second-order valence-electron chi connectivity index (χ2n) is 4.31. The van der Waals surface area contributed by atoms with Gasteiger partial charge in [-0.15, -0.1) is 0 Å². The summed E-state index contributed by atoms with van der Waals surface area (Å²) in [5.41, 5.74) is 7.72. The molecule has 0 unspecified atom stereocenters. The average molecular weight is 291 g/mol. The minimum absolute atomic E-state index is 0.0515. The van der Waals surface area contributed by atoms with Gasteiger partial charge < -0.3 is 10.6 Å². The van der Waals surface area contributed by atoms with Gasteiger partial charge in [-0.2, -0.15) is 0 Å². The Balaban J connectivity index is 2.57. The van der Waals surface area contributed by atoms with Crippen molar-refractivity contribution in [2.24, 2.45) is 5.14 Å². The van der Waals surface area contributed by atoms with E-state index in [0.29, 0.717) is 12.2 Å². The lowest BCUT2D eigenvalue weighted by Crippen LogP contribution is -2.20. The number of anilines is 3. The molecule has 5 nitrogen and oxygen atoms in total. The van der Waals surface area contributed by atoms with Crippen LogP contribution in [0, 0.1) is 0 Å². The van der Waals surface area contributed by atoms with Gasteiger partial charge in [0.2, 0.25) is 10.0 Å². The fraction of sp³-hybridized carbons (Fsp3) is 0.143. The maximum absolute atomic E-state index is 11.5. The molecule has 6 heteroatoms. The number of primary sulfonamides is 1. The summed E-state index contributed by atoms with van der Waals surface area (Å²) < 4.78 is 23.1. The van der Waals surface area contributed by atoms with Crippen molar-refractivity contribution >= 4 is 27.1 Å². The van der Waals surface area contributed by atoms with Crippen molar-refractivity contribution in [3.8, 4) is 0 Å². The number of hydrogen-bond acceptors (Lipinski definition) is 4. The van der Waals surface area contributed by atoms with Gasteiger partial charge in [-0.3, -0.25) is 0 Å². The highest BCUT2D eigenvalue weighted by Gasteiger charge is 2.18. The normalized spacial score (nSPS) is 11.3. The molecular formula is C14H17N3O2S. The van der Waals surface area contributed by atoms with E-state index in [4.69, 9.17) is 10.9 Å². The maximum Gasteiger partial charge on any atom is 0.240 e. The van der Waals surface area contributed by atoms with Crippen LogP contribution in [0.25, 0.3) is 0 Å². The highest BCUT2D eigenvalue weighted by molar-refractivity contribution is 7.89. The van der Waals surface area contributed by atoms with Gasteiger partial charge in [0.15, 0.2) is 0 Å². The average Bonchev–Trinajstić information content (AvgIpc) is 2.41. The first kappa shape index (κ1) is 14.4. The minimum atomic E-state index is -3.83. The fourth-order valence-electron chi connectivity index (χ4n) is 2.12. The van der Waals surface area contributed by atoms with E-state index in [9.17, 15) is 8.42 Å². The molecule has 0 atom stereocenters. The molecule has 0 saturated heterocycles. The van der Waals surface area contributed by atoms with Crippen LogP contribution in [0.3, 0.4) is 0 Å². The van der Waals surface area contributed by atoms with E-state index >= 15 is 0 Å². The third-order valence-corrected chi connectivity index (χ3v) is 3.99. The standard InChI is InChI=1S/C14H17N3O2S/c1-2-17(11-7-4-3-5-8-11)12-9-6-10-13(14(12)15)20(16,18)19/h3-10H,2,15H2,1H3,(H2,16,18,19). The first-order valence-electron chi connectivity index (χ1n) is 6.19. The highest BCUT2D eigenvalue weighted by Crippen LogP contribution is 2.33. The van der Waals surface area contributed by atoms with Crippen LogP contribution in [0.4, 0.5) is 17.1 Å². The molecule has 106 valence electrons. The van der Waals surface area contributed by atoms with E-state index in [1.165, 1.54) is 6.07 Å². The van der Waals surface area contributed by atoms with Gasteiger partial charge in [-0.1, -0.05) is 24.3 Å². The van der Waals surface area contributed by atoms with Crippen molar-refractivity contribution in [1.29, 1.82) is 0 Å². The van der Waals surface area contributed by atoms with E-state index in [1.54, 1.807) is 12.1 Å². The van der Waals surface area contributed by atoms with Crippen molar-refractivity contribution in [3.63, 3.8) is 0 Å². The Morgan fingerprint density at radius 3 is 2.25 bits per heavy atom. The first-order valence-corrected chi connectivity index (χ1v) is 7.73. The lowest BCUT2D eigenvalue weighted by molar-refractivity contribution is 0.598. The molecule has 4 N–H and O–H groups in total. The van der Waals surface area contributed by atoms with Crippen LogP contribution in [-0.4, -0.2) is 15.0 Å². The van der Waals surface area contributed by atoms with Gasteiger partial charge in [-0.05, 0) is 31.2 Å². The number of hydrogen-bond donors (Lipinski definition) is 2. The quantitative estimate of drug-likeness (QED) is 0.844. The Morgan fingerprint density at radius 1 is 1.05 bits per heavy atom. The number of rotatable bonds is 4. The predicted octanol–water partition coefficient (Wildman–Crippen LogP) is 2.07. The molecule has 0 amide bonds. The maximum atomic E-state index is 11.5. The van der Waals surface area contributed by atoms with E-state index in [0.717, 1.165) is 5.69 Å². The molecule has 20 heavy (non-hydrogen) atoms. The van der Waals surface area contributed by atoms with Crippen LogP contribution in [0.2, 0.25) is 0 Å². The third-order valence-electron chi connectivity index (χ3n) is 3.02. The predicted molar refractivity (Wildman–Crippen MR) is 81.3 cm³/mol. The SMILES string of the molecule is CCN(c1ccccc1)c1cccc(S(N)(=O)=O)c1N. The molecule has 0 aliphatic heterocycles. The summed E-state index contributed by atoms with van der Waals surface area (Å²) >= 11 is 0. The minimum Gasteiger partial charge on any atom is -0.396 e. The molecular weight excluding hydrogens is 274 g/mol. The van der Waals surface area contributed by atoms with Gasteiger partial charge in [0.1, 0.15) is 4.90 Å². The molecule has 0 saturated carbocycles. The van der Waals surface area contributed by atoms with Crippen molar-refractivity contribution in [1.82, 2.24) is 0 Å². The van der Waals surface area contributed by atoms with E-state index in [-0.39, 0.29) is 10.6 Å². The van der Waals surface area contributed by atoms with E-state index in [1.807, 2.05) is 42.2 Å². The van der Waals surface area contributed by atoms with Crippen LogP contribution in [0.1, 0.15) is 6.92 Å². The number of para-hydroxylation sites is 2. The summed E-state index contributed by atoms with van der Waals surface area (Å²) in [5, 5.41) is 5.18. The Kier molecular flexibility index (Phi) is 3.96. The lowest BCUT2D eigenvalue weighted by atomic mass is 10.2. The molecule has 0 spiro atoms. The van der Waals surface area contributed by atoms with Crippen molar-refractivity contribution in [2.75, 3.05) is 17.2 Å². The Morgan fingerprint density at radius 2 is 1.70 bits per heavy atom. The number of benzene rings is 2. The number of nitrogens with two attached hydrogens (primary N) is 2. The number of nitrogens with zero attached hydrogens (tertiary/aromatic N) is 1. The molecule has 0 heterocycles. The lowest BCUT2D eigenvalue weighted by Gasteiger charge is -2.25. The molecule has 0 radical (unpaired) electrons. The van der Waals surface area contributed by atoms with Crippen LogP contribution in [0.15, 0.2) is 53.4 Å². The largest absolute Gasteiger partial charge is 0.396 e. The van der Waals surface area contributed by atoms with Crippen LogP contribution in [-0.2, 0) is 10.0 Å². The zero-order valence-electron chi connectivity index (χ0n) is 11.2. The molecule has 0 fully saturated rings. The smallest absolute Gasteiger partial charge is 0.240 e. The topological polar surface area (TPSA) is 89.4 Å². The molecule has 0 aromatic heterocycles. The van der Waals surface area contributed by atoms with Crippen LogP contribution in [0.5, 0.6) is 0 Å². The van der Waals surface area contributed by atoms with Gasteiger partial charge >= 0.3 is 0 Å². The Labute approximate surface area is 118 Å². The van der Waals surface area contributed by atoms with Crippen molar-refractivity contribution in [3.05, 3.63) is 48.5 Å². The first-order chi connectivity index (χ1) is 9.45. The molecule has 2 aromatic rings. The molecule has 2 aromatic carbocycles. The summed E-state index contributed by atoms with van der Waals surface area (Å²) in [6.07, 6.45) is 0. The van der Waals surface area contributed by atoms with Gasteiger partial charge in [0.25, 0.3) is 0 Å². The summed E-state index contributed by atoms with van der Waals surface area (Å²) in [6, 6.07) is 14.4. The molecule has 0 bridgehead atoms. The van der Waals surface area contributed by atoms with Gasteiger partial charge in [-0.25, -0.2) is 13.6 Å². The van der Waals surface area contributed by atoms with Crippen LogP contribution >= 0.6 is 0 Å². The Hall–Kier alpha value is -2.05. The van der Waals surface area contributed by atoms with E-state index in [2.05, 4.69) is 0 Å².